The first-order valence-electron chi connectivity index (χ1n) is 5.67. The molecule has 0 aromatic heterocycles. The quantitative estimate of drug-likeness (QED) is 0.764. The number of hydrogen-bond acceptors (Lipinski definition) is 2. The van der Waals surface area contributed by atoms with Gasteiger partial charge >= 0.3 is 0 Å². The molecule has 3 nitrogen and oxygen atoms in total. The summed E-state index contributed by atoms with van der Waals surface area (Å²) in [6, 6.07) is 12.8. The van der Waals surface area contributed by atoms with Gasteiger partial charge in [0.25, 0.3) is 0 Å². The zero-order chi connectivity index (χ0) is 12.3. The first-order chi connectivity index (χ1) is 8.24. The summed E-state index contributed by atoms with van der Waals surface area (Å²) in [5.74, 6) is 0. The highest BCUT2D eigenvalue weighted by Gasteiger charge is 2.31. The summed E-state index contributed by atoms with van der Waals surface area (Å²) in [4.78, 5) is 4.22. The van der Waals surface area contributed by atoms with E-state index in [0.717, 1.165) is 18.2 Å². The lowest BCUT2D eigenvalue weighted by Gasteiger charge is -2.20. The molecule has 88 valence electrons. The second-order valence-corrected chi connectivity index (χ2v) is 4.54. The van der Waals surface area contributed by atoms with Crippen LogP contribution in [0.4, 0.5) is 0 Å². The van der Waals surface area contributed by atoms with E-state index in [-0.39, 0.29) is 0 Å². The van der Waals surface area contributed by atoms with Crippen molar-refractivity contribution < 1.29 is 0 Å². The van der Waals surface area contributed by atoms with Crippen LogP contribution in [0.3, 0.4) is 0 Å². The van der Waals surface area contributed by atoms with Crippen molar-refractivity contribution in [2.24, 2.45) is 0 Å². The summed E-state index contributed by atoms with van der Waals surface area (Å²) >= 11 is 5.40. The van der Waals surface area contributed by atoms with Crippen molar-refractivity contribution in [3.05, 3.63) is 35.9 Å². The molecule has 0 spiro atoms. The van der Waals surface area contributed by atoms with E-state index in [1.54, 1.807) is 0 Å². The molecule has 1 unspecified atom stereocenters. The van der Waals surface area contributed by atoms with Crippen molar-refractivity contribution in [3.63, 3.8) is 0 Å². The van der Waals surface area contributed by atoms with Crippen LogP contribution in [0.25, 0.3) is 0 Å². The normalized spacial score (nSPS) is 19.5. The number of nitriles is 1. The third-order valence-electron chi connectivity index (χ3n) is 3.11. The summed E-state index contributed by atoms with van der Waals surface area (Å²) in [5.41, 5.74) is 1.27. The maximum Gasteiger partial charge on any atom is 0.172 e. The Morgan fingerprint density at radius 2 is 2.12 bits per heavy atom. The topological polar surface area (TPSA) is 30.3 Å². The van der Waals surface area contributed by atoms with Crippen LogP contribution in [0, 0.1) is 11.3 Å². The van der Waals surface area contributed by atoms with Crippen LogP contribution < -0.4 is 0 Å². The van der Waals surface area contributed by atoms with Crippen molar-refractivity contribution >= 4 is 17.3 Å². The first-order valence-corrected chi connectivity index (χ1v) is 6.08. The molecule has 17 heavy (non-hydrogen) atoms. The van der Waals surface area contributed by atoms with Crippen LogP contribution in [0.5, 0.6) is 0 Å². The molecule has 2 rings (SSSR count). The van der Waals surface area contributed by atoms with Gasteiger partial charge in [0, 0.05) is 20.1 Å². The van der Waals surface area contributed by atoms with E-state index < -0.39 is 0 Å². The molecule has 0 saturated carbocycles. The smallest absolute Gasteiger partial charge is 0.172 e. The Labute approximate surface area is 107 Å². The van der Waals surface area contributed by atoms with Gasteiger partial charge in [-0.25, -0.2) is 0 Å². The molecule has 0 amide bonds. The van der Waals surface area contributed by atoms with E-state index in [9.17, 15) is 0 Å². The third kappa shape index (κ3) is 2.40. The number of hydrogen-bond donors (Lipinski definition) is 0. The molecule has 1 aromatic carbocycles. The highest BCUT2D eigenvalue weighted by Crippen LogP contribution is 2.27. The van der Waals surface area contributed by atoms with Crippen LogP contribution in [0.1, 0.15) is 18.0 Å². The van der Waals surface area contributed by atoms with Crippen molar-refractivity contribution in [1.29, 1.82) is 5.26 Å². The van der Waals surface area contributed by atoms with Crippen LogP contribution in [0.15, 0.2) is 30.3 Å². The Kier molecular flexibility index (Phi) is 3.60. The molecule has 0 radical (unpaired) electrons. The zero-order valence-electron chi connectivity index (χ0n) is 9.84. The minimum atomic E-state index is 0.308. The number of benzene rings is 1. The lowest BCUT2D eigenvalue weighted by Crippen LogP contribution is -2.29. The fourth-order valence-corrected chi connectivity index (χ4v) is 2.43. The lowest BCUT2D eigenvalue weighted by molar-refractivity contribution is 0.399. The van der Waals surface area contributed by atoms with Crippen molar-refractivity contribution in [2.45, 2.75) is 12.5 Å². The molecule has 1 aliphatic rings. The van der Waals surface area contributed by atoms with Gasteiger partial charge in [-0.3, -0.25) is 0 Å². The number of nitrogens with zero attached hydrogens (tertiary/aromatic N) is 3. The summed E-state index contributed by atoms with van der Waals surface area (Å²) in [6.07, 6.45) is 0.523. The average molecular weight is 245 g/mol. The van der Waals surface area contributed by atoms with Gasteiger partial charge in [-0.2, -0.15) is 5.26 Å². The van der Waals surface area contributed by atoms with Crippen LogP contribution in [-0.4, -0.2) is 35.0 Å². The molecule has 0 N–H and O–H groups in total. The van der Waals surface area contributed by atoms with E-state index in [1.807, 2.05) is 25.2 Å². The van der Waals surface area contributed by atoms with E-state index >= 15 is 0 Å². The standard InChI is InChI=1S/C13H15N3S/c1-15-12(11-6-3-2-4-7-11)10-16(13(15)17)9-5-8-14/h2-4,6-7,12H,5,9-10H2,1H3. The van der Waals surface area contributed by atoms with Crippen LogP contribution >= 0.6 is 12.2 Å². The Morgan fingerprint density at radius 1 is 1.41 bits per heavy atom. The van der Waals surface area contributed by atoms with E-state index in [0.29, 0.717) is 12.5 Å². The fourth-order valence-electron chi connectivity index (χ4n) is 2.14. The molecule has 1 heterocycles. The second-order valence-electron chi connectivity index (χ2n) is 4.17. The Morgan fingerprint density at radius 3 is 2.76 bits per heavy atom. The third-order valence-corrected chi connectivity index (χ3v) is 3.66. The van der Waals surface area contributed by atoms with Crippen LogP contribution in [-0.2, 0) is 0 Å². The molecule has 1 aromatic rings. The average Bonchev–Trinajstić information content (AvgIpc) is 2.65. The van der Waals surface area contributed by atoms with Crippen molar-refractivity contribution in [1.82, 2.24) is 9.80 Å². The summed E-state index contributed by atoms with van der Waals surface area (Å²) in [6.45, 7) is 1.60. The monoisotopic (exact) mass is 245 g/mol. The molecular weight excluding hydrogens is 230 g/mol. The molecular formula is C13H15N3S. The Bertz CT molecular complexity index is 438. The summed E-state index contributed by atoms with van der Waals surface area (Å²) in [5, 5.41) is 9.47. The van der Waals surface area contributed by atoms with Gasteiger partial charge < -0.3 is 9.80 Å². The highest BCUT2D eigenvalue weighted by molar-refractivity contribution is 7.80. The lowest BCUT2D eigenvalue weighted by atomic mass is 10.1. The number of thiocarbonyl (C=S) groups is 1. The van der Waals surface area contributed by atoms with Gasteiger partial charge in [0.2, 0.25) is 0 Å². The molecule has 1 saturated heterocycles. The molecule has 1 atom stereocenters. The highest BCUT2D eigenvalue weighted by atomic mass is 32.1. The van der Waals surface area contributed by atoms with Crippen molar-refractivity contribution in [2.75, 3.05) is 20.1 Å². The van der Waals surface area contributed by atoms with Gasteiger partial charge in [0.15, 0.2) is 5.11 Å². The summed E-state index contributed by atoms with van der Waals surface area (Å²) in [7, 11) is 2.02. The van der Waals surface area contributed by atoms with E-state index in [4.69, 9.17) is 17.5 Å². The fraction of sp³-hybridized carbons (Fsp3) is 0.385. The van der Waals surface area contributed by atoms with Gasteiger partial charge in [-0.05, 0) is 17.8 Å². The van der Waals surface area contributed by atoms with Crippen molar-refractivity contribution in [3.8, 4) is 6.07 Å². The Hall–Kier alpha value is -1.60. The van der Waals surface area contributed by atoms with Gasteiger partial charge in [-0.1, -0.05) is 30.3 Å². The SMILES string of the molecule is CN1C(=S)N(CCC#N)CC1c1ccccc1. The zero-order valence-corrected chi connectivity index (χ0v) is 10.7. The number of rotatable bonds is 3. The molecule has 0 aliphatic carbocycles. The van der Waals surface area contributed by atoms with Gasteiger partial charge in [-0.15, -0.1) is 0 Å². The molecule has 4 heteroatoms. The van der Waals surface area contributed by atoms with Gasteiger partial charge in [0.1, 0.15) is 0 Å². The largest absolute Gasteiger partial charge is 0.346 e. The maximum atomic E-state index is 8.63. The van der Waals surface area contributed by atoms with Gasteiger partial charge in [0.05, 0.1) is 18.5 Å². The second kappa shape index (κ2) is 5.15. The molecule has 0 bridgehead atoms. The molecule has 1 aliphatic heterocycles. The minimum absolute atomic E-state index is 0.308. The van der Waals surface area contributed by atoms with Crippen LogP contribution in [0.2, 0.25) is 0 Å². The molecule has 1 fully saturated rings. The minimum Gasteiger partial charge on any atom is -0.346 e. The Balaban J connectivity index is 2.12. The van der Waals surface area contributed by atoms with E-state index in [1.165, 1.54) is 5.56 Å². The summed E-state index contributed by atoms with van der Waals surface area (Å²) < 4.78 is 0. The first kappa shape index (κ1) is 11.9. The van der Waals surface area contributed by atoms with E-state index in [2.05, 4.69) is 28.0 Å². The predicted octanol–water partition coefficient (Wildman–Crippen LogP) is 2.17. The predicted molar refractivity (Wildman–Crippen MR) is 71.3 cm³/mol. The number of likely N-dealkylation sites (N-methyl/N-ethyl adjacent to an activating group) is 1. The maximum absolute atomic E-state index is 8.63.